The SMILES string of the molecule is Cc1ccc(C(=O)NC(=S)Nc2ccc(N3CCN(c4c(F)c(F)c(F)c(F)c4F)CC3)cc2)c(Cl)c1. The van der Waals surface area contributed by atoms with Gasteiger partial charge in [-0.2, -0.15) is 0 Å². The molecular weight excluding hydrogens is 535 g/mol. The number of carbonyl (C=O) groups is 1. The van der Waals surface area contributed by atoms with Crippen molar-refractivity contribution in [3.8, 4) is 0 Å². The van der Waals surface area contributed by atoms with Crippen molar-refractivity contribution in [1.29, 1.82) is 0 Å². The zero-order valence-electron chi connectivity index (χ0n) is 19.3. The number of thiocarbonyl (C=S) groups is 1. The zero-order chi connectivity index (χ0) is 26.9. The molecule has 1 aliphatic heterocycles. The van der Waals surface area contributed by atoms with Crippen LogP contribution in [-0.2, 0) is 0 Å². The highest BCUT2D eigenvalue weighted by atomic mass is 35.5. The van der Waals surface area contributed by atoms with Gasteiger partial charge in [0.1, 0.15) is 5.69 Å². The van der Waals surface area contributed by atoms with E-state index in [2.05, 4.69) is 10.6 Å². The maximum absolute atomic E-state index is 14.1. The molecule has 3 aromatic carbocycles. The van der Waals surface area contributed by atoms with Crippen LogP contribution in [-0.4, -0.2) is 37.2 Å². The Bertz CT molecular complexity index is 1340. The van der Waals surface area contributed by atoms with E-state index in [1.165, 1.54) is 0 Å². The largest absolute Gasteiger partial charge is 0.368 e. The van der Waals surface area contributed by atoms with E-state index in [1.807, 2.05) is 11.8 Å². The maximum Gasteiger partial charge on any atom is 0.258 e. The Labute approximate surface area is 219 Å². The Hall–Kier alpha value is -3.44. The molecule has 0 spiro atoms. The second-order valence-electron chi connectivity index (χ2n) is 8.33. The second kappa shape index (κ2) is 10.9. The first kappa shape index (κ1) is 26.6. The molecule has 4 rings (SSSR count). The lowest BCUT2D eigenvalue weighted by Gasteiger charge is -2.37. The number of piperazine rings is 1. The molecule has 0 aliphatic carbocycles. The molecule has 2 N–H and O–H groups in total. The topological polar surface area (TPSA) is 47.6 Å². The molecule has 0 aromatic heterocycles. The third-order valence-electron chi connectivity index (χ3n) is 5.87. The number of carbonyl (C=O) groups excluding carboxylic acids is 1. The summed E-state index contributed by atoms with van der Waals surface area (Å²) in [6.45, 7) is 2.54. The van der Waals surface area contributed by atoms with Gasteiger partial charge in [0.05, 0.1) is 10.6 Å². The number of hydrogen-bond donors (Lipinski definition) is 2. The molecular formula is C25H20ClF5N4OS. The molecule has 0 radical (unpaired) electrons. The molecule has 1 heterocycles. The first-order valence-corrected chi connectivity index (χ1v) is 11.8. The van der Waals surface area contributed by atoms with Crippen LogP contribution in [0.4, 0.5) is 39.0 Å². The summed E-state index contributed by atoms with van der Waals surface area (Å²) in [5.74, 6) is -10.2. The van der Waals surface area contributed by atoms with E-state index in [4.69, 9.17) is 23.8 Å². The average Bonchev–Trinajstić information content (AvgIpc) is 2.87. The van der Waals surface area contributed by atoms with Gasteiger partial charge in [0.15, 0.2) is 28.4 Å². The molecule has 37 heavy (non-hydrogen) atoms. The highest BCUT2D eigenvalue weighted by Crippen LogP contribution is 2.31. The van der Waals surface area contributed by atoms with Gasteiger partial charge < -0.3 is 15.1 Å². The number of rotatable bonds is 4. The van der Waals surface area contributed by atoms with Crippen LogP contribution in [0.2, 0.25) is 5.02 Å². The van der Waals surface area contributed by atoms with Crippen molar-refractivity contribution in [3.05, 3.63) is 87.7 Å². The number of benzene rings is 3. The van der Waals surface area contributed by atoms with Crippen molar-refractivity contribution >= 4 is 51.9 Å². The van der Waals surface area contributed by atoms with Gasteiger partial charge in [0.2, 0.25) is 5.82 Å². The number of nitrogens with zero attached hydrogens (tertiary/aromatic N) is 2. The van der Waals surface area contributed by atoms with Crippen molar-refractivity contribution in [2.75, 3.05) is 41.3 Å². The van der Waals surface area contributed by atoms with E-state index < -0.39 is 40.7 Å². The van der Waals surface area contributed by atoms with Gasteiger partial charge in [-0.1, -0.05) is 17.7 Å². The van der Waals surface area contributed by atoms with Gasteiger partial charge in [-0.05, 0) is 61.1 Å². The third-order valence-corrected chi connectivity index (χ3v) is 6.39. The van der Waals surface area contributed by atoms with Gasteiger partial charge in [-0.3, -0.25) is 10.1 Å². The van der Waals surface area contributed by atoms with Gasteiger partial charge in [0, 0.05) is 37.6 Å². The molecule has 194 valence electrons. The van der Waals surface area contributed by atoms with Crippen LogP contribution in [0, 0.1) is 36.0 Å². The lowest BCUT2D eigenvalue weighted by Crippen LogP contribution is -2.47. The molecule has 1 fully saturated rings. The third kappa shape index (κ3) is 5.62. The Morgan fingerprint density at radius 2 is 1.38 bits per heavy atom. The summed E-state index contributed by atoms with van der Waals surface area (Å²) in [6, 6.07) is 12.0. The minimum Gasteiger partial charge on any atom is -0.368 e. The maximum atomic E-state index is 14.1. The monoisotopic (exact) mass is 554 g/mol. The molecule has 3 aromatic rings. The molecule has 0 atom stereocenters. The molecule has 0 saturated carbocycles. The minimum atomic E-state index is -2.18. The summed E-state index contributed by atoms with van der Waals surface area (Å²) in [6.07, 6.45) is 0. The van der Waals surface area contributed by atoms with Crippen molar-refractivity contribution in [2.24, 2.45) is 0 Å². The molecule has 5 nitrogen and oxygen atoms in total. The Morgan fingerprint density at radius 3 is 1.95 bits per heavy atom. The molecule has 1 amide bonds. The van der Waals surface area contributed by atoms with Crippen molar-refractivity contribution in [2.45, 2.75) is 6.92 Å². The summed E-state index contributed by atoms with van der Waals surface area (Å²) in [4.78, 5) is 15.5. The Kier molecular flexibility index (Phi) is 7.84. The number of amides is 1. The van der Waals surface area contributed by atoms with Crippen LogP contribution in [0.1, 0.15) is 15.9 Å². The van der Waals surface area contributed by atoms with Crippen molar-refractivity contribution < 1.29 is 26.7 Å². The molecule has 0 unspecified atom stereocenters. The van der Waals surface area contributed by atoms with Crippen molar-refractivity contribution in [3.63, 3.8) is 0 Å². The van der Waals surface area contributed by atoms with Gasteiger partial charge in [-0.15, -0.1) is 0 Å². The van der Waals surface area contributed by atoms with E-state index in [1.54, 1.807) is 42.5 Å². The van der Waals surface area contributed by atoms with Crippen LogP contribution in [0.5, 0.6) is 0 Å². The highest BCUT2D eigenvalue weighted by molar-refractivity contribution is 7.80. The number of halogens is 6. The number of nitrogens with one attached hydrogen (secondary N) is 2. The van der Waals surface area contributed by atoms with Gasteiger partial charge in [-0.25, -0.2) is 22.0 Å². The number of hydrogen-bond acceptors (Lipinski definition) is 4. The molecule has 1 aliphatic rings. The Balaban J connectivity index is 1.35. The fraction of sp³-hybridized carbons (Fsp3) is 0.200. The van der Waals surface area contributed by atoms with E-state index in [9.17, 15) is 26.7 Å². The highest BCUT2D eigenvalue weighted by Gasteiger charge is 2.30. The number of anilines is 3. The zero-order valence-corrected chi connectivity index (χ0v) is 20.9. The summed E-state index contributed by atoms with van der Waals surface area (Å²) >= 11 is 11.3. The van der Waals surface area contributed by atoms with Crippen LogP contribution in [0.25, 0.3) is 0 Å². The van der Waals surface area contributed by atoms with Crippen LogP contribution in [0.15, 0.2) is 42.5 Å². The Morgan fingerprint density at radius 1 is 0.838 bits per heavy atom. The molecule has 1 saturated heterocycles. The van der Waals surface area contributed by atoms with E-state index >= 15 is 0 Å². The summed E-state index contributed by atoms with van der Waals surface area (Å²) in [5, 5.41) is 5.86. The van der Waals surface area contributed by atoms with Gasteiger partial charge >= 0.3 is 0 Å². The van der Waals surface area contributed by atoms with Crippen LogP contribution >= 0.6 is 23.8 Å². The van der Waals surface area contributed by atoms with E-state index in [0.29, 0.717) is 10.7 Å². The first-order valence-electron chi connectivity index (χ1n) is 11.1. The summed E-state index contributed by atoms with van der Waals surface area (Å²) < 4.78 is 68.8. The fourth-order valence-corrected chi connectivity index (χ4v) is 4.48. The second-order valence-corrected chi connectivity index (χ2v) is 9.15. The van der Waals surface area contributed by atoms with E-state index in [-0.39, 0.29) is 36.9 Å². The predicted molar refractivity (Wildman–Crippen MR) is 137 cm³/mol. The predicted octanol–water partition coefficient (Wildman–Crippen LogP) is 5.80. The summed E-state index contributed by atoms with van der Waals surface area (Å²) in [7, 11) is 0. The average molecular weight is 555 g/mol. The van der Waals surface area contributed by atoms with Crippen molar-refractivity contribution in [1.82, 2.24) is 5.32 Å². The normalized spacial score (nSPS) is 13.5. The van der Waals surface area contributed by atoms with Gasteiger partial charge in [0.25, 0.3) is 5.91 Å². The number of aryl methyl sites for hydroxylation is 1. The molecule has 0 bridgehead atoms. The lowest BCUT2D eigenvalue weighted by atomic mass is 10.1. The fourth-order valence-electron chi connectivity index (χ4n) is 3.95. The standard InChI is InChI=1S/C25H20ClF5N4OS/c1-13-2-7-16(17(26)12-13)24(36)33-25(37)32-14-3-5-15(6-4-14)34-8-10-35(11-9-34)23-21(30)19(28)18(27)20(29)22(23)31/h2-7,12H,8-11H2,1H3,(H2,32,33,36,37). The molecule has 12 heteroatoms. The lowest BCUT2D eigenvalue weighted by molar-refractivity contribution is 0.0978. The quantitative estimate of drug-likeness (QED) is 0.185. The first-order chi connectivity index (χ1) is 17.6. The summed E-state index contributed by atoms with van der Waals surface area (Å²) in [5.41, 5.74) is 1.67. The smallest absolute Gasteiger partial charge is 0.258 e. The van der Waals surface area contributed by atoms with Crippen LogP contribution in [0.3, 0.4) is 0 Å². The van der Waals surface area contributed by atoms with E-state index in [0.717, 1.165) is 16.2 Å². The van der Waals surface area contributed by atoms with Crippen LogP contribution < -0.4 is 20.4 Å². The minimum absolute atomic E-state index is 0.0516.